The second-order valence-electron chi connectivity index (χ2n) is 4.42. The lowest BCUT2D eigenvalue weighted by molar-refractivity contribution is -0.142. The number of carboxylic acid groups (broad SMARTS) is 1. The van der Waals surface area contributed by atoms with Gasteiger partial charge in [-0.05, 0) is 25.7 Å². The minimum Gasteiger partial charge on any atom is -0.481 e. The number of nitrogen functional groups attached to an aromatic ring is 1. The Labute approximate surface area is 108 Å². The van der Waals surface area contributed by atoms with Crippen LogP contribution in [0.4, 0.5) is 5.13 Å². The van der Waals surface area contributed by atoms with Crippen molar-refractivity contribution in [3.8, 4) is 0 Å². The molecular weight excluding hydrogens is 254 g/mol. The Morgan fingerprint density at radius 3 is 2.56 bits per heavy atom. The molecule has 98 valence electrons. The summed E-state index contributed by atoms with van der Waals surface area (Å²) in [5.74, 6) is -1.19. The van der Waals surface area contributed by atoms with Gasteiger partial charge in [-0.2, -0.15) is 0 Å². The molecule has 1 aliphatic rings. The number of nitrogens with two attached hydrogens (primary N) is 1. The predicted octanol–water partition coefficient (Wildman–Crippen LogP) is 1.10. The molecule has 0 aliphatic heterocycles. The lowest BCUT2D eigenvalue weighted by atomic mass is 9.86. The van der Waals surface area contributed by atoms with Crippen molar-refractivity contribution in [1.29, 1.82) is 0 Å². The van der Waals surface area contributed by atoms with Crippen molar-refractivity contribution in [2.45, 2.75) is 31.7 Å². The Hall–Kier alpha value is -1.63. The van der Waals surface area contributed by atoms with E-state index in [0.717, 1.165) is 11.3 Å². The second-order valence-corrected chi connectivity index (χ2v) is 5.49. The molecule has 2 rings (SSSR count). The molecule has 0 bridgehead atoms. The maximum absolute atomic E-state index is 11.8. The van der Waals surface area contributed by atoms with Crippen LogP contribution in [-0.4, -0.2) is 28.0 Å². The van der Waals surface area contributed by atoms with Crippen LogP contribution in [0.1, 0.15) is 35.4 Å². The van der Waals surface area contributed by atoms with E-state index < -0.39 is 5.97 Å². The van der Waals surface area contributed by atoms with E-state index in [1.54, 1.807) is 0 Å². The highest BCUT2D eigenvalue weighted by atomic mass is 32.1. The van der Waals surface area contributed by atoms with Gasteiger partial charge in [0, 0.05) is 6.04 Å². The number of hydrogen-bond acceptors (Lipinski definition) is 5. The highest BCUT2D eigenvalue weighted by Gasteiger charge is 2.27. The van der Waals surface area contributed by atoms with Gasteiger partial charge in [0.25, 0.3) is 5.91 Å². The third kappa shape index (κ3) is 2.98. The highest BCUT2D eigenvalue weighted by molar-refractivity contribution is 7.17. The molecule has 6 nitrogen and oxygen atoms in total. The van der Waals surface area contributed by atoms with Crippen molar-refractivity contribution < 1.29 is 14.7 Å². The van der Waals surface area contributed by atoms with E-state index in [0.29, 0.717) is 35.7 Å². The van der Waals surface area contributed by atoms with Crippen LogP contribution in [0, 0.1) is 5.92 Å². The van der Waals surface area contributed by atoms with E-state index in [9.17, 15) is 9.59 Å². The van der Waals surface area contributed by atoms with Gasteiger partial charge in [0.05, 0.1) is 12.1 Å². The van der Waals surface area contributed by atoms with Crippen molar-refractivity contribution in [3.63, 3.8) is 0 Å². The molecule has 1 amide bonds. The van der Waals surface area contributed by atoms with Crippen LogP contribution >= 0.6 is 11.3 Å². The van der Waals surface area contributed by atoms with Gasteiger partial charge in [0.1, 0.15) is 4.88 Å². The van der Waals surface area contributed by atoms with Crippen molar-refractivity contribution >= 4 is 28.3 Å². The summed E-state index contributed by atoms with van der Waals surface area (Å²) >= 11 is 1.15. The number of carboxylic acids is 1. The van der Waals surface area contributed by atoms with Gasteiger partial charge >= 0.3 is 5.97 Å². The quantitative estimate of drug-likeness (QED) is 0.762. The summed E-state index contributed by atoms with van der Waals surface area (Å²) in [6, 6.07) is 0.0522. The third-order valence-corrected chi connectivity index (χ3v) is 3.98. The second kappa shape index (κ2) is 5.34. The molecule has 1 aliphatic carbocycles. The lowest BCUT2D eigenvalue weighted by Gasteiger charge is -2.26. The number of hydrogen-bond donors (Lipinski definition) is 3. The van der Waals surface area contributed by atoms with E-state index >= 15 is 0 Å². The summed E-state index contributed by atoms with van der Waals surface area (Å²) in [7, 11) is 0. The van der Waals surface area contributed by atoms with Crippen LogP contribution in [0.2, 0.25) is 0 Å². The lowest BCUT2D eigenvalue weighted by Crippen LogP contribution is -2.38. The van der Waals surface area contributed by atoms with Crippen molar-refractivity contribution in [2.75, 3.05) is 5.73 Å². The summed E-state index contributed by atoms with van der Waals surface area (Å²) in [6.07, 6.45) is 4.10. The van der Waals surface area contributed by atoms with E-state index in [1.165, 1.54) is 6.20 Å². The zero-order valence-corrected chi connectivity index (χ0v) is 10.6. The average molecular weight is 269 g/mol. The molecule has 1 saturated carbocycles. The number of thiazole rings is 1. The van der Waals surface area contributed by atoms with Crippen molar-refractivity contribution in [2.24, 2.45) is 5.92 Å². The zero-order chi connectivity index (χ0) is 13.1. The summed E-state index contributed by atoms with van der Waals surface area (Å²) in [5.41, 5.74) is 5.46. The smallest absolute Gasteiger partial charge is 0.306 e. The highest BCUT2D eigenvalue weighted by Crippen LogP contribution is 2.25. The van der Waals surface area contributed by atoms with Crippen LogP contribution < -0.4 is 11.1 Å². The zero-order valence-electron chi connectivity index (χ0n) is 9.76. The number of nitrogens with one attached hydrogen (secondary N) is 1. The first-order valence-electron chi connectivity index (χ1n) is 5.81. The number of rotatable bonds is 3. The Morgan fingerprint density at radius 1 is 1.39 bits per heavy atom. The Bertz CT molecular complexity index is 452. The number of aliphatic carboxylic acids is 1. The first kappa shape index (κ1) is 12.8. The predicted molar refractivity (Wildman–Crippen MR) is 67.4 cm³/mol. The van der Waals surface area contributed by atoms with Crippen LogP contribution in [0.25, 0.3) is 0 Å². The normalized spacial score (nSPS) is 23.6. The minimum absolute atomic E-state index is 0.0522. The largest absolute Gasteiger partial charge is 0.481 e. The molecule has 0 atom stereocenters. The molecule has 1 aromatic rings. The Balaban J connectivity index is 1.85. The third-order valence-electron chi connectivity index (χ3n) is 3.16. The molecule has 0 unspecified atom stereocenters. The van der Waals surface area contributed by atoms with Crippen LogP contribution in [0.3, 0.4) is 0 Å². The van der Waals surface area contributed by atoms with E-state index in [-0.39, 0.29) is 17.9 Å². The first-order valence-corrected chi connectivity index (χ1v) is 6.63. The summed E-state index contributed by atoms with van der Waals surface area (Å²) < 4.78 is 0. The summed E-state index contributed by atoms with van der Waals surface area (Å²) in [4.78, 5) is 26.9. The molecule has 1 fully saturated rings. The molecule has 0 spiro atoms. The molecule has 7 heteroatoms. The number of amides is 1. The van der Waals surface area contributed by atoms with Gasteiger partial charge < -0.3 is 16.2 Å². The average Bonchev–Trinajstić information content (AvgIpc) is 2.76. The van der Waals surface area contributed by atoms with Gasteiger partial charge in [-0.1, -0.05) is 11.3 Å². The van der Waals surface area contributed by atoms with Gasteiger partial charge in [0.2, 0.25) is 0 Å². The number of nitrogens with zero attached hydrogens (tertiary/aromatic N) is 1. The number of aromatic nitrogens is 1. The molecule has 0 saturated heterocycles. The maximum Gasteiger partial charge on any atom is 0.306 e. The number of anilines is 1. The number of carbonyl (C=O) groups excluding carboxylic acids is 1. The van der Waals surface area contributed by atoms with E-state index in [2.05, 4.69) is 10.3 Å². The molecule has 18 heavy (non-hydrogen) atoms. The van der Waals surface area contributed by atoms with Gasteiger partial charge in [-0.15, -0.1) is 0 Å². The van der Waals surface area contributed by atoms with Gasteiger partial charge in [-0.25, -0.2) is 4.98 Å². The van der Waals surface area contributed by atoms with Gasteiger partial charge in [-0.3, -0.25) is 9.59 Å². The molecule has 1 aromatic heterocycles. The molecule has 1 heterocycles. The van der Waals surface area contributed by atoms with Crippen LogP contribution in [-0.2, 0) is 4.79 Å². The molecule has 0 radical (unpaired) electrons. The Kier molecular flexibility index (Phi) is 3.81. The summed E-state index contributed by atoms with van der Waals surface area (Å²) in [6.45, 7) is 0. The van der Waals surface area contributed by atoms with Crippen molar-refractivity contribution in [3.05, 3.63) is 11.1 Å². The van der Waals surface area contributed by atoms with Crippen LogP contribution in [0.5, 0.6) is 0 Å². The van der Waals surface area contributed by atoms with Crippen LogP contribution in [0.15, 0.2) is 6.20 Å². The fraction of sp³-hybridized carbons (Fsp3) is 0.545. The standard InChI is InChI=1S/C11H15N3O3S/c12-11-13-5-8(18-11)9(15)14-7-3-1-6(2-4-7)10(16)17/h5-7H,1-4H2,(H2,12,13)(H,14,15)(H,16,17). The Morgan fingerprint density at radius 2 is 2.06 bits per heavy atom. The molecular formula is C11H15N3O3S. The van der Waals surface area contributed by atoms with Crippen molar-refractivity contribution in [1.82, 2.24) is 10.3 Å². The van der Waals surface area contributed by atoms with Gasteiger partial charge in [0.15, 0.2) is 5.13 Å². The maximum atomic E-state index is 11.8. The fourth-order valence-corrected chi connectivity index (χ4v) is 2.72. The summed E-state index contributed by atoms with van der Waals surface area (Å²) in [5, 5.41) is 12.1. The topological polar surface area (TPSA) is 105 Å². The molecule has 4 N–H and O–H groups in total. The minimum atomic E-state index is -0.741. The molecule has 0 aromatic carbocycles. The van der Waals surface area contributed by atoms with E-state index in [1.807, 2.05) is 0 Å². The van der Waals surface area contributed by atoms with E-state index in [4.69, 9.17) is 10.8 Å². The first-order chi connectivity index (χ1) is 8.56. The number of carbonyl (C=O) groups is 2. The monoisotopic (exact) mass is 269 g/mol. The SMILES string of the molecule is Nc1ncc(C(=O)NC2CCC(C(=O)O)CC2)s1. The fourth-order valence-electron chi connectivity index (χ4n) is 2.13.